The number of anilines is 2. The number of hydrogen-bond acceptors (Lipinski definition) is 9. The Balaban J connectivity index is 1.39. The number of aromatic amines is 1. The van der Waals surface area contributed by atoms with Crippen molar-refractivity contribution in [3.05, 3.63) is 130 Å². The molecule has 1 atom stereocenters. The highest BCUT2D eigenvalue weighted by Crippen LogP contribution is 2.42. The number of hydrogen-bond donors (Lipinski definition) is 5. The van der Waals surface area contributed by atoms with Crippen LogP contribution in [0, 0.1) is 0 Å². The van der Waals surface area contributed by atoms with Crippen LogP contribution in [0.25, 0.3) is 10.8 Å². The minimum absolute atomic E-state index is 0.00651. The molecule has 4 aliphatic rings. The minimum atomic E-state index is -2.39. The van der Waals surface area contributed by atoms with Crippen molar-refractivity contribution in [1.29, 1.82) is 0 Å². The molecule has 0 fully saturated rings. The number of carbonyl (C=O) groups is 2. The third-order valence-corrected chi connectivity index (χ3v) is 8.41. The summed E-state index contributed by atoms with van der Waals surface area (Å²) in [7, 11) is 0. The zero-order valence-electron chi connectivity index (χ0n) is 23.6. The highest BCUT2D eigenvalue weighted by molar-refractivity contribution is 6.31. The van der Waals surface area contributed by atoms with E-state index in [1.54, 1.807) is 18.2 Å². The van der Waals surface area contributed by atoms with Gasteiger partial charge in [0.2, 0.25) is 0 Å². The van der Waals surface area contributed by atoms with Gasteiger partial charge in [-0.3, -0.25) is 0 Å². The van der Waals surface area contributed by atoms with Crippen molar-refractivity contribution >= 4 is 63.5 Å². The van der Waals surface area contributed by atoms with E-state index < -0.39 is 17.6 Å². The molecule has 4 aliphatic heterocycles. The fraction of sp³-hybridized carbons (Fsp3) is 0.0294. The van der Waals surface area contributed by atoms with Crippen molar-refractivity contribution in [3.63, 3.8) is 0 Å². The van der Waals surface area contributed by atoms with Crippen LogP contribution in [-0.4, -0.2) is 56.3 Å². The van der Waals surface area contributed by atoms with E-state index >= 15 is 0 Å². The van der Waals surface area contributed by atoms with Crippen molar-refractivity contribution in [1.82, 2.24) is 4.98 Å². The van der Waals surface area contributed by atoms with E-state index in [1.165, 1.54) is 12.1 Å². The van der Waals surface area contributed by atoms with Gasteiger partial charge in [0.25, 0.3) is 5.66 Å². The van der Waals surface area contributed by atoms with Crippen LogP contribution in [0.2, 0.25) is 0 Å². The first-order valence-corrected chi connectivity index (χ1v) is 14.3. The standard InChI is InChI=1S/C34H20N8O4/c43-32(44)23-15-7-14-22-24(23)34(33(45)46)41-30-21-13-6-5-12-20(21)29(39-30)38-26-17-9-2-1-8-16(17)25(35-26)36-27-18-10-3-4-11-19(18)28(37-27)40-31(22)42-34/h1-15,35H,(H,43,44)(H,45,46)(H,38,39,41)(H,36,37,40,42). The van der Waals surface area contributed by atoms with Gasteiger partial charge in [0, 0.05) is 44.2 Å². The topological polar surface area (TPSA) is 176 Å². The van der Waals surface area contributed by atoms with E-state index in [0.29, 0.717) is 40.0 Å². The van der Waals surface area contributed by atoms with E-state index in [0.717, 1.165) is 16.3 Å². The second-order valence-corrected chi connectivity index (χ2v) is 11.0. The van der Waals surface area contributed by atoms with Gasteiger partial charge in [-0.25, -0.2) is 34.6 Å². The minimum Gasteiger partial charge on any atom is -0.478 e. The molecule has 12 nitrogen and oxygen atoms in total. The average molecular weight is 605 g/mol. The Morgan fingerprint density at radius 1 is 0.565 bits per heavy atom. The number of fused-ring (bicyclic) bond motifs is 17. The van der Waals surface area contributed by atoms with E-state index in [1.807, 2.05) is 60.7 Å². The van der Waals surface area contributed by atoms with Crippen LogP contribution < -0.4 is 10.6 Å². The van der Waals surface area contributed by atoms with Crippen molar-refractivity contribution in [3.8, 4) is 0 Å². The maximum absolute atomic E-state index is 13.3. The predicted octanol–water partition coefficient (Wildman–Crippen LogP) is 4.82. The Hall–Kier alpha value is -6.69. The number of aliphatic imine (C=N–C) groups is 5. The zero-order valence-corrected chi connectivity index (χ0v) is 23.6. The SMILES string of the molecule is O=C(O)c1cccc2c1C1(C(=O)O)N=C3N=C(Nc4[nH]c(c5ccccc45)NC4=NC(=NC2=N1)c1ccccc14)c1ccccc13. The fourth-order valence-corrected chi connectivity index (χ4v) is 6.38. The largest absolute Gasteiger partial charge is 0.478 e. The number of aromatic carboxylic acids is 1. The molecule has 9 rings (SSSR count). The Bertz CT molecular complexity index is 2400. The molecule has 1 unspecified atom stereocenters. The quantitative estimate of drug-likeness (QED) is 0.193. The lowest BCUT2D eigenvalue weighted by Crippen LogP contribution is -2.33. The molecule has 0 aliphatic carbocycles. The second-order valence-electron chi connectivity index (χ2n) is 11.0. The Morgan fingerprint density at radius 3 is 1.65 bits per heavy atom. The first-order chi connectivity index (χ1) is 22.4. The van der Waals surface area contributed by atoms with Crippen LogP contribution in [0.3, 0.4) is 0 Å². The van der Waals surface area contributed by atoms with Crippen molar-refractivity contribution < 1.29 is 19.8 Å². The Labute approximate surface area is 259 Å². The van der Waals surface area contributed by atoms with Gasteiger partial charge in [0.05, 0.1) is 5.56 Å². The van der Waals surface area contributed by atoms with Crippen LogP contribution in [0.5, 0.6) is 0 Å². The molecular formula is C34H20N8O4. The smallest absolute Gasteiger partial charge is 0.359 e. The first kappa shape index (κ1) is 25.8. The number of benzene rings is 4. The van der Waals surface area contributed by atoms with E-state index in [9.17, 15) is 19.8 Å². The summed E-state index contributed by atoms with van der Waals surface area (Å²) in [6, 6.07) is 27.1. The molecule has 46 heavy (non-hydrogen) atoms. The number of carboxylic acid groups (broad SMARTS) is 2. The van der Waals surface area contributed by atoms with Crippen LogP contribution in [0.15, 0.2) is 116 Å². The number of nitrogens with zero attached hydrogens (tertiary/aromatic N) is 5. The number of H-pyrrole nitrogens is 1. The molecule has 5 N–H and O–H groups in total. The molecule has 4 aromatic carbocycles. The fourth-order valence-electron chi connectivity index (χ4n) is 6.38. The maximum Gasteiger partial charge on any atom is 0.359 e. The molecule has 0 saturated carbocycles. The molecule has 8 bridgehead atoms. The second kappa shape index (κ2) is 9.16. The first-order valence-electron chi connectivity index (χ1n) is 14.3. The summed E-state index contributed by atoms with van der Waals surface area (Å²) in [5, 5.41) is 29.7. The number of rotatable bonds is 2. The van der Waals surface area contributed by atoms with Crippen molar-refractivity contribution in [2.45, 2.75) is 5.66 Å². The molecule has 12 heteroatoms. The van der Waals surface area contributed by atoms with E-state index in [-0.39, 0.29) is 34.2 Å². The summed E-state index contributed by atoms with van der Waals surface area (Å²) < 4.78 is 0. The average Bonchev–Trinajstić information content (AvgIpc) is 3.79. The molecule has 0 spiro atoms. The number of aromatic nitrogens is 1. The van der Waals surface area contributed by atoms with Gasteiger partial charge in [0.15, 0.2) is 17.5 Å². The van der Waals surface area contributed by atoms with Gasteiger partial charge in [-0.15, -0.1) is 0 Å². The van der Waals surface area contributed by atoms with E-state index in [4.69, 9.17) is 15.0 Å². The monoisotopic (exact) mass is 604 g/mol. The van der Waals surface area contributed by atoms with Crippen molar-refractivity contribution in [2.75, 3.05) is 10.6 Å². The number of nitrogens with one attached hydrogen (secondary N) is 3. The van der Waals surface area contributed by atoms with E-state index in [2.05, 4.69) is 25.6 Å². The summed E-state index contributed by atoms with van der Waals surface area (Å²) in [6.07, 6.45) is 0. The molecule has 0 radical (unpaired) electrons. The Kier molecular flexibility index (Phi) is 5.13. The summed E-state index contributed by atoms with van der Waals surface area (Å²) in [4.78, 5) is 52.9. The van der Waals surface area contributed by atoms with Crippen LogP contribution in [0.1, 0.15) is 43.7 Å². The van der Waals surface area contributed by atoms with Crippen molar-refractivity contribution in [2.24, 2.45) is 25.0 Å². The lowest BCUT2D eigenvalue weighted by atomic mass is 9.92. The normalized spacial score (nSPS) is 18.6. The van der Waals surface area contributed by atoms with Gasteiger partial charge in [-0.2, -0.15) is 0 Å². The third-order valence-electron chi connectivity index (χ3n) is 8.41. The third kappa shape index (κ3) is 3.51. The summed E-state index contributed by atoms with van der Waals surface area (Å²) in [6.45, 7) is 0. The lowest BCUT2D eigenvalue weighted by Gasteiger charge is -2.20. The van der Waals surface area contributed by atoms with Crippen LogP contribution in [-0.2, 0) is 10.5 Å². The molecule has 0 saturated heterocycles. The van der Waals surface area contributed by atoms with Gasteiger partial charge in [-0.1, -0.05) is 84.9 Å². The van der Waals surface area contributed by atoms with Gasteiger partial charge in [0.1, 0.15) is 23.3 Å². The predicted molar refractivity (Wildman–Crippen MR) is 174 cm³/mol. The number of aliphatic carboxylic acids is 1. The molecule has 5 heterocycles. The lowest BCUT2D eigenvalue weighted by molar-refractivity contribution is -0.143. The zero-order chi connectivity index (χ0) is 31.2. The molecule has 1 aromatic heterocycles. The molecule has 0 amide bonds. The maximum atomic E-state index is 13.3. The van der Waals surface area contributed by atoms with Gasteiger partial charge < -0.3 is 25.8 Å². The summed E-state index contributed by atoms with van der Waals surface area (Å²) in [5.74, 6) is -0.146. The highest BCUT2D eigenvalue weighted by Gasteiger charge is 2.51. The van der Waals surface area contributed by atoms with Crippen LogP contribution in [0.4, 0.5) is 11.6 Å². The molecule has 220 valence electrons. The Morgan fingerprint density at radius 2 is 1.07 bits per heavy atom. The van der Waals surface area contributed by atoms with Crippen LogP contribution >= 0.6 is 0 Å². The molecule has 5 aromatic rings. The van der Waals surface area contributed by atoms with Gasteiger partial charge >= 0.3 is 11.9 Å². The summed E-state index contributed by atoms with van der Waals surface area (Å²) >= 11 is 0. The number of amidine groups is 5. The molecular weight excluding hydrogens is 584 g/mol. The number of carboxylic acids is 2. The summed E-state index contributed by atoms with van der Waals surface area (Å²) in [5.41, 5.74) is 0.200. The van der Waals surface area contributed by atoms with Gasteiger partial charge in [-0.05, 0) is 6.07 Å². The highest BCUT2D eigenvalue weighted by atomic mass is 16.4.